The molecule has 123 heavy (non-hydrogen) atoms. The number of fused-ring (bicyclic) bond motifs is 14. The van der Waals surface area contributed by atoms with Crippen LogP contribution in [-0.2, 0) is 40.4 Å². The summed E-state index contributed by atoms with van der Waals surface area (Å²) in [6, 6.07) is 120. The molecule has 15 aromatic carbocycles. The molecule has 7 N–H and O–H groups in total. The summed E-state index contributed by atoms with van der Waals surface area (Å²) in [5.41, 5.74) is 6.43. The fourth-order valence-electron chi connectivity index (χ4n) is 15.7. The second-order valence-electron chi connectivity index (χ2n) is 30.7. The van der Waals surface area contributed by atoms with E-state index in [1.54, 1.807) is 0 Å². The lowest BCUT2D eigenvalue weighted by atomic mass is 9.87. The number of nitrogens with one attached hydrogen (secondary N) is 2. The van der Waals surface area contributed by atoms with Crippen LogP contribution in [0.5, 0.6) is 11.5 Å². The highest BCUT2D eigenvalue weighted by molar-refractivity contribution is 7.97. The average molecular weight is 1750 g/mol. The largest absolute Gasteiger partial charge is 0.447 e. The monoisotopic (exact) mass is 1750 g/mol. The Balaban J connectivity index is 0.000000114. The molecule has 5 heterocycles. The molecular formula is C106H93Cl2N2O8S5+5. The van der Waals surface area contributed by atoms with Gasteiger partial charge in [-0.25, -0.2) is 0 Å². The van der Waals surface area contributed by atoms with Gasteiger partial charge in [0.15, 0.2) is 73.6 Å². The smallest absolute Gasteiger partial charge is 0.251 e. The minimum Gasteiger partial charge on any atom is -0.447 e. The van der Waals surface area contributed by atoms with E-state index in [-0.39, 0.29) is 116 Å². The molecule has 0 saturated heterocycles. The Morgan fingerprint density at radius 1 is 0.333 bits per heavy atom. The van der Waals surface area contributed by atoms with Gasteiger partial charge in [-0.15, -0.1) is 0 Å². The van der Waals surface area contributed by atoms with Crippen molar-refractivity contribution in [3.63, 3.8) is 0 Å². The van der Waals surface area contributed by atoms with Crippen LogP contribution in [0.2, 0.25) is 10.0 Å². The second kappa shape index (κ2) is 39.0. The van der Waals surface area contributed by atoms with E-state index in [9.17, 15) is 14.7 Å². The number of halogens is 2. The summed E-state index contributed by atoms with van der Waals surface area (Å²) in [6.07, 6.45) is 2.22. The highest BCUT2D eigenvalue weighted by atomic mass is 35.5. The van der Waals surface area contributed by atoms with E-state index < -0.39 is 0 Å². The van der Waals surface area contributed by atoms with Crippen LogP contribution in [0.1, 0.15) is 59.8 Å². The van der Waals surface area contributed by atoms with Crippen LogP contribution in [0, 0.1) is 0 Å². The van der Waals surface area contributed by atoms with E-state index in [1.807, 2.05) is 84.9 Å². The van der Waals surface area contributed by atoms with Crippen LogP contribution < -0.4 is 15.4 Å². The Bertz CT molecular complexity index is 6770. The minimum absolute atomic E-state index is 0.0503. The summed E-state index contributed by atoms with van der Waals surface area (Å²) in [4.78, 5) is 32.4. The molecule has 17 heteroatoms. The summed E-state index contributed by atoms with van der Waals surface area (Å²) in [7, 11) is -0.614. The molecule has 0 spiro atoms. The first-order chi connectivity index (χ1) is 60.1. The minimum atomic E-state index is -0.172. The van der Waals surface area contributed by atoms with Crippen LogP contribution in [0.25, 0.3) is 100 Å². The zero-order valence-corrected chi connectivity index (χ0v) is 73.8. The molecule has 1 aliphatic rings. The van der Waals surface area contributed by atoms with Gasteiger partial charge in [0.2, 0.25) is 15.7 Å². The van der Waals surface area contributed by atoms with Crippen molar-refractivity contribution in [2.75, 3.05) is 44.9 Å². The fraction of sp³-hybridized carbons (Fsp3) is 0.132. The number of anilines is 1. The standard InChI is InChI=1S/C24H25OS.2C21H17NO2S.C20H15Cl2OS.C20H17O2S/c1-24(2,3)18-9-11-19(12-10-18)26-22-7-5-4-6-20(22)21-16-17(14-15-25)8-13-23(21)26;23-14-13-22-21(24)15-9-11-16(12-10-15)25-19-7-3-1-5-17(19)18-6-2-4-8-20(18)25;23-14-13-21(24)22-15-9-11-16(12-10-15)25-19-7-3-1-5-17(19)18-6-2-4-8-20(18)25;21-14-3-7-19-17(11-14)18-12-15(22)4-8-20(18)24(19)16-5-1-13(2-6-16)9-10-23;21-14-13-15-9-11-16(12-10-15)23-19-7-3-1-5-17(19)22-18-6-2-4-8-20(18)23/h4-13,16,25H,14-15H2,1-3H3;2*1-12,23H,13-14H2;1-8,11-12,23H,9-10H2;1-12,21H,13-14H2/q+1;;;2*+1/p+2. The lowest BCUT2D eigenvalue weighted by Crippen LogP contribution is -2.26. The molecule has 0 radical (unpaired) electrons. The number of amides is 2. The summed E-state index contributed by atoms with van der Waals surface area (Å²) in [6.45, 7) is 7.40. The predicted molar refractivity (Wildman–Crippen MR) is 523 cm³/mol. The Morgan fingerprint density at radius 2 is 0.667 bits per heavy atom. The number of aliphatic hydroxyl groups is 5. The average Bonchev–Trinajstić information content (AvgIpc) is 1.66. The lowest BCUT2D eigenvalue weighted by Gasteiger charge is -2.19. The van der Waals surface area contributed by atoms with Crippen molar-refractivity contribution in [3.8, 4) is 31.1 Å². The van der Waals surface area contributed by atoms with Gasteiger partial charge in [0, 0.05) is 157 Å². The normalized spacial score (nSPS) is 11.9. The van der Waals surface area contributed by atoms with Gasteiger partial charge in [-0.3, -0.25) is 9.59 Å². The van der Waals surface area contributed by atoms with Gasteiger partial charge >= 0.3 is 0 Å². The van der Waals surface area contributed by atoms with Crippen LogP contribution >= 0.6 is 65.1 Å². The lowest BCUT2D eigenvalue weighted by molar-refractivity contribution is -0.116. The molecule has 1 atom stereocenters. The number of ether oxygens (including phenoxy) is 1. The maximum absolute atomic E-state index is 12.0. The van der Waals surface area contributed by atoms with Crippen LogP contribution in [0.4, 0.5) is 5.69 Å². The van der Waals surface area contributed by atoms with Crippen LogP contribution in [0.15, 0.2) is 360 Å². The van der Waals surface area contributed by atoms with E-state index >= 15 is 0 Å². The summed E-state index contributed by atoms with van der Waals surface area (Å²) in [5.74, 6) is 1.55. The van der Waals surface area contributed by atoms with Crippen molar-refractivity contribution in [3.05, 3.63) is 384 Å². The van der Waals surface area contributed by atoms with Crippen molar-refractivity contribution >= 4 is 174 Å². The van der Waals surface area contributed by atoms with E-state index in [2.05, 4.69) is 292 Å². The number of carbonyl (C=O) groups is 2. The molecule has 20 rings (SSSR count). The molecule has 19 aromatic rings. The molecule has 2 amide bonds. The van der Waals surface area contributed by atoms with Crippen molar-refractivity contribution < 1.29 is 39.9 Å². The molecule has 614 valence electrons. The van der Waals surface area contributed by atoms with Gasteiger partial charge in [0.1, 0.15) is 10.9 Å². The number of aliphatic hydroxyl groups excluding tert-OH is 5. The molecular weight excluding hydrogens is 1660 g/mol. The first-order valence-electron chi connectivity index (χ1n) is 41.0. The third kappa shape index (κ3) is 18.6. The summed E-state index contributed by atoms with van der Waals surface area (Å²) in [5, 5.41) is 62.3. The number of thiophene rings is 4. The molecule has 1 unspecified atom stereocenters. The molecule has 0 saturated carbocycles. The van der Waals surface area contributed by atoms with E-state index in [0.29, 0.717) is 24.8 Å². The third-order valence-corrected chi connectivity index (χ3v) is 33.7. The molecule has 10 nitrogen and oxygen atoms in total. The topological polar surface area (TPSA) is 169 Å². The Labute approximate surface area is 739 Å². The molecule has 0 aliphatic carbocycles. The quantitative estimate of drug-likeness (QED) is 0.0442. The van der Waals surface area contributed by atoms with Gasteiger partial charge in [-0.05, 0) is 241 Å². The van der Waals surface area contributed by atoms with Crippen LogP contribution in [0.3, 0.4) is 0 Å². The second-order valence-corrected chi connectivity index (χ2v) is 41.3. The zero-order valence-electron chi connectivity index (χ0n) is 68.2. The first-order valence-corrected chi connectivity index (χ1v) is 47.8. The van der Waals surface area contributed by atoms with Gasteiger partial charge in [-0.1, -0.05) is 171 Å². The van der Waals surface area contributed by atoms with Gasteiger partial charge < -0.3 is 40.9 Å². The summed E-state index contributed by atoms with van der Waals surface area (Å²) < 4.78 is 16.8. The Hall–Kier alpha value is -11.4. The molecule has 1 aliphatic heterocycles. The van der Waals surface area contributed by atoms with E-state index in [0.717, 1.165) is 38.4 Å². The zero-order chi connectivity index (χ0) is 85.1. The van der Waals surface area contributed by atoms with Crippen molar-refractivity contribution in [1.82, 2.24) is 5.32 Å². The SMILES string of the molecule is CC(C)(C)c1ccc(-[s+]2c3ccccc3c3cc(CCO)ccc32)cc1.O=C(CCO)Nc1ccc(-[s+]2c3ccccc3c3ccccc32)cc1.O=C(NCCO)c1ccc(-[s+]2c3ccccc3c3ccccc32)cc1.OCCc1ccc(-[s+]2c3ccc(Cl)cc3c3cc(Cl)ccc32)cc1.OCCc1ccc([S+]2c3ccccc3Oc3ccccc32)cc1. The number of benzene rings is 15. The summed E-state index contributed by atoms with van der Waals surface area (Å²) >= 11 is 12.5. The number of hydrogen-bond donors (Lipinski definition) is 7. The van der Waals surface area contributed by atoms with E-state index in [1.165, 1.54) is 126 Å². The van der Waals surface area contributed by atoms with Gasteiger partial charge in [-0.2, -0.15) is 0 Å². The number of carbonyl (C=O) groups excluding carboxylic acids is 2. The number of hydrogen-bond acceptors (Lipinski definition) is 8. The predicted octanol–water partition coefficient (Wildman–Crippen LogP) is 27.1. The first kappa shape index (κ1) is 85.2. The molecule has 0 bridgehead atoms. The molecule has 4 aromatic heterocycles. The highest BCUT2D eigenvalue weighted by Crippen LogP contribution is 2.54. The van der Waals surface area contributed by atoms with Crippen LogP contribution in [-0.4, -0.2) is 76.9 Å². The van der Waals surface area contributed by atoms with Crippen molar-refractivity contribution in [2.45, 2.75) is 66.6 Å². The van der Waals surface area contributed by atoms with E-state index in [4.69, 9.17) is 48.4 Å². The van der Waals surface area contributed by atoms with Gasteiger partial charge in [0.25, 0.3) is 5.91 Å². The fourth-order valence-corrected chi connectivity index (χ4v) is 27.7. The number of rotatable bonds is 17. The molecule has 0 fully saturated rings. The maximum atomic E-state index is 12.0. The maximum Gasteiger partial charge on any atom is 0.251 e. The van der Waals surface area contributed by atoms with Crippen molar-refractivity contribution in [2.24, 2.45) is 0 Å². The van der Waals surface area contributed by atoms with Crippen molar-refractivity contribution in [1.29, 1.82) is 0 Å². The third-order valence-electron chi connectivity index (χ3n) is 21.6. The number of para-hydroxylation sites is 2. The van der Waals surface area contributed by atoms with Gasteiger partial charge in [0.05, 0.1) is 19.6 Å². The Kier molecular flexibility index (Phi) is 27.0. The highest BCUT2D eigenvalue weighted by Gasteiger charge is 2.39. The Morgan fingerprint density at radius 3 is 1.07 bits per heavy atom.